The number of hydrogen-bond donors (Lipinski definition) is 1. The molecule has 1 heterocycles. The molecule has 1 rings (SSSR count). The van der Waals surface area contributed by atoms with Gasteiger partial charge in [-0.3, -0.25) is 4.98 Å². The van der Waals surface area contributed by atoms with Crippen molar-refractivity contribution < 1.29 is 4.39 Å². The van der Waals surface area contributed by atoms with Crippen molar-refractivity contribution in [3.05, 3.63) is 49.2 Å². The van der Waals surface area contributed by atoms with Gasteiger partial charge in [0, 0.05) is 5.57 Å². The van der Waals surface area contributed by atoms with Gasteiger partial charge in [-0.15, -0.1) is 0 Å². The third-order valence-corrected chi connectivity index (χ3v) is 1.54. The van der Waals surface area contributed by atoms with Gasteiger partial charge in [-0.25, -0.2) is 9.37 Å². The van der Waals surface area contributed by atoms with E-state index in [-0.39, 0.29) is 0 Å². The van der Waals surface area contributed by atoms with Crippen LogP contribution < -0.4 is 5.73 Å². The number of hydrogen-bond acceptors (Lipinski definition) is 3. The van der Waals surface area contributed by atoms with E-state index in [1.807, 2.05) is 0 Å². The number of aromatic nitrogens is 2. The Morgan fingerprint density at radius 2 is 2.21 bits per heavy atom. The predicted molar refractivity (Wildman–Crippen MR) is 54.9 cm³/mol. The van der Waals surface area contributed by atoms with Crippen LogP contribution in [0.1, 0.15) is 5.69 Å². The van der Waals surface area contributed by atoms with Gasteiger partial charge in [0.05, 0.1) is 24.4 Å². The summed E-state index contributed by atoms with van der Waals surface area (Å²) in [6.07, 6.45) is 7.76. The van der Waals surface area contributed by atoms with Gasteiger partial charge in [0.25, 0.3) is 0 Å². The SMILES string of the molecule is C=C/C(=C\C=CF)c1cnc(N)cn1. The fourth-order valence-electron chi connectivity index (χ4n) is 0.885. The molecule has 0 bridgehead atoms. The normalized spacial score (nSPS) is 11.9. The van der Waals surface area contributed by atoms with Crippen LogP contribution in [-0.4, -0.2) is 9.97 Å². The molecule has 1 aromatic heterocycles. The van der Waals surface area contributed by atoms with Crippen LogP contribution in [0.4, 0.5) is 10.2 Å². The summed E-state index contributed by atoms with van der Waals surface area (Å²) in [5, 5.41) is 0. The van der Waals surface area contributed by atoms with Crippen molar-refractivity contribution in [1.82, 2.24) is 9.97 Å². The first-order chi connectivity index (χ1) is 6.77. The molecular formula is C10H10FN3. The highest BCUT2D eigenvalue weighted by Gasteiger charge is 1.97. The lowest BCUT2D eigenvalue weighted by Gasteiger charge is -1.99. The molecule has 3 nitrogen and oxygen atoms in total. The molecule has 0 aliphatic carbocycles. The number of nitrogens with zero attached hydrogens (tertiary/aromatic N) is 2. The maximum absolute atomic E-state index is 11.8. The molecule has 0 aliphatic rings. The highest BCUT2D eigenvalue weighted by Crippen LogP contribution is 2.12. The van der Waals surface area contributed by atoms with Gasteiger partial charge in [0.15, 0.2) is 0 Å². The first-order valence-electron chi connectivity index (χ1n) is 3.95. The Hall–Kier alpha value is -1.97. The Bertz CT molecular complexity index is 365. The van der Waals surface area contributed by atoms with E-state index in [0.717, 1.165) is 0 Å². The fourth-order valence-corrected chi connectivity index (χ4v) is 0.885. The number of allylic oxidation sites excluding steroid dienone is 4. The summed E-state index contributed by atoms with van der Waals surface area (Å²) in [6.45, 7) is 3.59. The Morgan fingerprint density at radius 1 is 1.43 bits per heavy atom. The highest BCUT2D eigenvalue weighted by molar-refractivity contribution is 5.71. The van der Waals surface area contributed by atoms with Crippen LogP contribution in [0.5, 0.6) is 0 Å². The molecule has 0 fully saturated rings. The van der Waals surface area contributed by atoms with E-state index in [2.05, 4.69) is 16.5 Å². The average Bonchev–Trinajstić information content (AvgIpc) is 2.21. The lowest BCUT2D eigenvalue weighted by Crippen LogP contribution is -1.94. The first kappa shape index (κ1) is 10.1. The molecule has 72 valence electrons. The third kappa shape index (κ3) is 2.52. The molecule has 1 aromatic rings. The molecule has 0 spiro atoms. The molecule has 0 saturated carbocycles. The zero-order chi connectivity index (χ0) is 10.4. The quantitative estimate of drug-likeness (QED) is 0.744. The number of rotatable bonds is 3. The van der Waals surface area contributed by atoms with E-state index >= 15 is 0 Å². The molecule has 0 aliphatic heterocycles. The zero-order valence-electron chi connectivity index (χ0n) is 7.52. The first-order valence-corrected chi connectivity index (χ1v) is 3.95. The van der Waals surface area contributed by atoms with Crippen LogP contribution in [-0.2, 0) is 0 Å². The van der Waals surface area contributed by atoms with Crippen LogP contribution in [0, 0.1) is 0 Å². The third-order valence-electron chi connectivity index (χ3n) is 1.54. The summed E-state index contributed by atoms with van der Waals surface area (Å²) in [5.74, 6) is 0.346. The van der Waals surface area contributed by atoms with Crippen molar-refractivity contribution in [2.45, 2.75) is 0 Å². The van der Waals surface area contributed by atoms with Crippen LogP contribution in [0.2, 0.25) is 0 Å². The Balaban J connectivity index is 3.01. The van der Waals surface area contributed by atoms with Crippen LogP contribution in [0.15, 0.2) is 43.5 Å². The molecule has 0 saturated heterocycles. The van der Waals surface area contributed by atoms with Crippen molar-refractivity contribution in [1.29, 1.82) is 0 Å². The molecule has 0 atom stereocenters. The molecular weight excluding hydrogens is 181 g/mol. The molecule has 0 unspecified atom stereocenters. The minimum absolute atomic E-state index is 0.346. The Morgan fingerprint density at radius 3 is 2.71 bits per heavy atom. The van der Waals surface area contributed by atoms with Gasteiger partial charge in [0.1, 0.15) is 5.82 Å². The van der Waals surface area contributed by atoms with Crippen LogP contribution >= 0.6 is 0 Å². The number of halogens is 1. The molecule has 2 N–H and O–H groups in total. The lowest BCUT2D eigenvalue weighted by atomic mass is 10.2. The second-order valence-electron chi connectivity index (χ2n) is 2.47. The average molecular weight is 191 g/mol. The largest absolute Gasteiger partial charge is 0.382 e. The van der Waals surface area contributed by atoms with E-state index in [9.17, 15) is 4.39 Å². The lowest BCUT2D eigenvalue weighted by molar-refractivity contribution is 0.721. The Labute approximate surface area is 81.5 Å². The van der Waals surface area contributed by atoms with Gasteiger partial charge < -0.3 is 5.73 Å². The van der Waals surface area contributed by atoms with Crippen molar-refractivity contribution in [3.63, 3.8) is 0 Å². The van der Waals surface area contributed by atoms with E-state index in [4.69, 9.17) is 5.73 Å². The van der Waals surface area contributed by atoms with Crippen molar-refractivity contribution in [2.75, 3.05) is 5.73 Å². The van der Waals surface area contributed by atoms with Gasteiger partial charge in [-0.05, 0) is 6.08 Å². The van der Waals surface area contributed by atoms with Gasteiger partial charge >= 0.3 is 0 Å². The van der Waals surface area contributed by atoms with E-state index < -0.39 is 0 Å². The van der Waals surface area contributed by atoms with E-state index in [1.165, 1.54) is 18.5 Å². The van der Waals surface area contributed by atoms with Crippen LogP contribution in [0.25, 0.3) is 5.57 Å². The minimum Gasteiger partial charge on any atom is -0.382 e. The summed E-state index contributed by atoms with van der Waals surface area (Å²) in [6, 6.07) is 0. The standard InChI is InChI=1S/C10H10FN3/c1-2-8(4-3-5-11)9-6-14-10(12)7-13-9/h2-7H,1H2,(H2,12,14)/b5-3?,8-4+. The predicted octanol–water partition coefficient (Wildman–Crippen LogP) is 2.11. The zero-order valence-corrected chi connectivity index (χ0v) is 7.52. The summed E-state index contributed by atoms with van der Waals surface area (Å²) >= 11 is 0. The minimum atomic E-state index is 0.346. The van der Waals surface area contributed by atoms with Gasteiger partial charge in [-0.1, -0.05) is 18.7 Å². The summed E-state index contributed by atoms with van der Waals surface area (Å²) < 4.78 is 11.8. The molecule has 0 radical (unpaired) electrons. The van der Waals surface area contributed by atoms with Crippen molar-refractivity contribution >= 4 is 11.4 Å². The topological polar surface area (TPSA) is 51.8 Å². The summed E-state index contributed by atoms with van der Waals surface area (Å²) in [4.78, 5) is 7.88. The monoisotopic (exact) mass is 191 g/mol. The smallest absolute Gasteiger partial charge is 0.141 e. The number of anilines is 1. The van der Waals surface area contributed by atoms with Crippen molar-refractivity contribution in [3.8, 4) is 0 Å². The maximum atomic E-state index is 11.8. The van der Waals surface area contributed by atoms with E-state index in [0.29, 0.717) is 23.4 Å². The molecule has 0 aromatic carbocycles. The maximum Gasteiger partial charge on any atom is 0.141 e. The van der Waals surface area contributed by atoms with Gasteiger partial charge in [-0.2, -0.15) is 0 Å². The molecule has 0 amide bonds. The summed E-state index contributed by atoms with van der Waals surface area (Å²) in [5.41, 5.74) is 6.67. The second-order valence-corrected chi connectivity index (χ2v) is 2.47. The second kappa shape index (κ2) is 4.91. The highest BCUT2D eigenvalue weighted by atomic mass is 19.1. The van der Waals surface area contributed by atoms with Crippen LogP contribution in [0.3, 0.4) is 0 Å². The van der Waals surface area contributed by atoms with Crippen molar-refractivity contribution in [2.24, 2.45) is 0 Å². The fraction of sp³-hybridized carbons (Fsp3) is 0. The number of nitrogens with two attached hydrogens (primary N) is 1. The number of nitrogen functional groups attached to an aromatic ring is 1. The van der Waals surface area contributed by atoms with E-state index in [1.54, 1.807) is 12.2 Å². The van der Waals surface area contributed by atoms with Gasteiger partial charge in [0.2, 0.25) is 0 Å². The Kier molecular flexibility index (Phi) is 3.55. The summed E-state index contributed by atoms with van der Waals surface area (Å²) in [7, 11) is 0. The molecule has 4 heteroatoms. The molecule has 14 heavy (non-hydrogen) atoms.